The molecule has 0 aliphatic carbocycles. The predicted molar refractivity (Wildman–Crippen MR) is 102 cm³/mol. The van der Waals surface area contributed by atoms with Gasteiger partial charge in [0.1, 0.15) is 5.75 Å². The lowest BCUT2D eigenvalue weighted by atomic mass is 9.87. The number of ether oxygens (including phenoxy) is 1. The quantitative estimate of drug-likeness (QED) is 0.778. The van der Waals surface area contributed by atoms with E-state index in [0.717, 1.165) is 0 Å². The maximum atomic E-state index is 12.6. The number of fused-ring (bicyclic) bond motifs is 1. The van der Waals surface area contributed by atoms with Crippen LogP contribution < -0.4 is 10.5 Å². The largest absolute Gasteiger partial charge is 0.484 e. The summed E-state index contributed by atoms with van der Waals surface area (Å²) in [4.78, 5) is 24.2. The van der Waals surface area contributed by atoms with Crippen molar-refractivity contribution in [2.45, 2.75) is 26.2 Å². The van der Waals surface area contributed by atoms with E-state index < -0.39 is 5.91 Å². The van der Waals surface area contributed by atoms with Crippen LogP contribution in [0.3, 0.4) is 0 Å². The first kappa shape index (κ1) is 17.7. The molecule has 0 saturated heterocycles. The van der Waals surface area contributed by atoms with Crippen LogP contribution in [0, 0.1) is 0 Å². The molecule has 0 atom stereocenters. The van der Waals surface area contributed by atoms with Gasteiger partial charge in [0.15, 0.2) is 6.61 Å². The van der Waals surface area contributed by atoms with E-state index >= 15 is 0 Å². The molecule has 0 aliphatic heterocycles. The van der Waals surface area contributed by atoms with Gasteiger partial charge in [-0.2, -0.15) is 0 Å². The minimum atomic E-state index is -0.563. The van der Waals surface area contributed by atoms with Crippen molar-refractivity contribution in [3.05, 3.63) is 65.9 Å². The van der Waals surface area contributed by atoms with Crippen molar-refractivity contribution in [3.63, 3.8) is 0 Å². The van der Waals surface area contributed by atoms with E-state index in [2.05, 4.69) is 20.8 Å². The minimum absolute atomic E-state index is 0.0591. The Balaban J connectivity index is 1.79. The first-order valence-corrected chi connectivity index (χ1v) is 8.44. The third kappa shape index (κ3) is 3.47. The van der Waals surface area contributed by atoms with E-state index in [1.165, 1.54) is 16.3 Å². The van der Waals surface area contributed by atoms with E-state index in [-0.39, 0.29) is 17.9 Å². The van der Waals surface area contributed by atoms with Crippen LogP contribution in [0.4, 0.5) is 0 Å². The Labute approximate surface area is 152 Å². The molecule has 0 fully saturated rings. The Morgan fingerprint density at radius 2 is 1.69 bits per heavy atom. The summed E-state index contributed by atoms with van der Waals surface area (Å²) in [5.41, 5.74) is 7.62. The third-order valence-electron chi connectivity index (χ3n) is 4.33. The molecule has 0 radical (unpaired) electrons. The van der Waals surface area contributed by atoms with E-state index in [1.807, 2.05) is 30.3 Å². The van der Waals surface area contributed by atoms with E-state index in [1.54, 1.807) is 18.2 Å². The van der Waals surface area contributed by atoms with E-state index in [9.17, 15) is 9.59 Å². The van der Waals surface area contributed by atoms with Crippen LogP contribution in [-0.4, -0.2) is 23.0 Å². The molecule has 2 aromatic carbocycles. The second-order valence-electron chi connectivity index (χ2n) is 7.25. The van der Waals surface area contributed by atoms with Crippen molar-refractivity contribution in [1.29, 1.82) is 0 Å². The van der Waals surface area contributed by atoms with Gasteiger partial charge in [-0.3, -0.25) is 14.2 Å². The Hall–Kier alpha value is -3.08. The Morgan fingerprint density at radius 3 is 2.31 bits per heavy atom. The molecule has 26 heavy (non-hydrogen) atoms. The van der Waals surface area contributed by atoms with Gasteiger partial charge < -0.3 is 10.5 Å². The predicted octanol–water partition coefficient (Wildman–Crippen LogP) is 3.76. The molecule has 3 aromatic rings. The number of rotatable bonds is 4. The first-order valence-electron chi connectivity index (χ1n) is 8.44. The summed E-state index contributed by atoms with van der Waals surface area (Å²) in [5.74, 6) is -0.210. The molecule has 1 amide bonds. The lowest BCUT2D eigenvalue weighted by Gasteiger charge is -2.19. The summed E-state index contributed by atoms with van der Waals surface area (Å²) in [7, 11) is 0. The highest BCUT2D eigenvalue weighted by Gasteiger charge is 2.17. The Kier molecular flexibility index (Phi) is 4.55. The summed E-state index contributed by atoms with van der Waals surface area (Å²) >= 11 is 0. The zero-order valence-electron chi connectivity index (χ0n) is 15.2. The maximum absolute atomic E-state index is 12.6. The zero-order chi connectivity index (χ0) is 18.9. The van der Waals surface area contributed by atoms with Crippen LogP contribution in [0.2, 0.25) is 0 Å². The molecular weight excluding hydrogens is 328 g/mol. The number of hydrogen-bond acceptors (Lipinski definition) is 3. The van der Waals surface area contributed by atoms with Crippen molar-refractivity contribution >= 4 is 22.7 Å². The molecule has 1 heterocycles. The van der Waals surface area contributed by atoms with Crippen LogP contribution in [0.5, 0.6) is 5.75 Å². The van der Waals surface area contributed by atoms with Gasteiger partial charge in [0.2, 0.25) is 0 Å². The molecule has 5 heteroatoms. The van der Waals surface area contributed by atoms with Crippen molar-refractivity contribution in [1.82, 2.24) is 4.57 Å². The third-order valence-corrected chi connectivity index (χ3v) is 4.33. The summed E-state index contributed by atoms with van der Waals surface area (Å²) in [6, 6.07) is 14.9. The number of amides is 1. The number of primary amides is 1. The van der Waals surface area contributed by atoms with Crippen LogP contribution >= 0.6 is 0 Å². The summed E-state index contributed by atoms with van der Waals surface area (Å²) in [6.45, 7) is 6.28. The topological polar surface area (TPSA) is 74.3 Å². The summed E-state index contributed by atoms with van der Waals surface area (Å²) < 4.78 is 7.04. The molecule has 0 spiro atoms. The summed E-state index contributed by atoms with van der Waals surface area (Å²) in [6.07, 6.45) is 1.47. The van der Waals surface area contributed by atoms with Gasteiger partial charge in [0, 0.05) is 11.6 Å². The number of benzene rings is 2. The van der Waals surface area contributed by atoms with Crippen molar-refractivity contribution in [2.75, 3.05) is 6.61 Å². The Bertz CT molecular complexity index is 963. The van der Waals surface area contributed by atoms with Crippen LogP contribution in [0.25, 0.3) is 10.9 Å². The van der Waals surface area contributed by atoms with Gasteiger partial charge in [-0.15, -0.1) is 0 Å². The fraction of sp³-hybridized carbons (Fsp3) is 0.238. The van der Waals surface area contributed by atoms with Gasteiger partial charge in [0.05, 0.1) is 11.1 Å². The average molecular weight is 350 g/mol. The highest BCUT2D eigenvalue weighted by Crippen LogP contribution is 2.24. The molecule has 0 bridgehead atoms. The number of aromatic nitrogens is 1. The second kappa shape index (κ2) is 6.67. The fourth-order valence-corrected chi connectivity index (χ4v) is 2.85. The monoisotopic (exact) mass is 350 g/mol. The van der Waals surface area contributed by atoms with Gasteiger partial charge >= 0.3 is 0 Å². The molecule has 1 aromatic heterocycles. The van der Waals surface area contributed by atoms with Crippen molar-refractivity contribution in [3.8, 4) is 5.75 Å². The molecule has 0 unspecified atom stereocenters. The lowest BCUT2D eigenvalue weighted by molar-refractivity contribution is 0.0843. The van der Waals surface area contributed by atoms with Crippen molar-refractivity contribution in [2.24, 2.45) is 5.73 Å². The number of hydrogen-bond donors (Lipinski definition) is 1. The van der Waals surface area contributed by atoms with Gasteiger partial charge in [-0.25, -0.2) is 0 Å². The van der Waals surface area contributed by atoms with Gasteiger partial charge in [-0.05, 0) is 29.2 Å². The number of nitrogens with zero attached hydrogens (tertiary/aromatic N) is 1. The highest BCUT2D eigenvalue weighted by molar-refractivity contribution is 6.08. The fourth-order valence-electron chi connectivity index (χ4n) is 2.85. The smallest absolute Gasteiger partial charge is 0.269 e. The average Bonchev–Trinajstić information content (AvgIpc) is 2.99. The van der Waals surface area contributed by atoms with Crippen LogP contribution in [-0.2, 0) is 5.41 Å². The zero-order valence-corrected chi connectivity index (χ0v) is 15.2. The molecule has 5 nitrogen and oxygen atoms in total. The van der Waals surface area contributed by atoms with Crippen molar-refractivity contribution < 1.29 is 14.3 Å². The van der Waals surface area contributed by atoms with Crippen LogP contribution in [0.1, 0.15) is 41.5 Å². The normalized spacial score (nSPS) is 11.5. The molecular formula is C21H22N2O3. The lowest BCUT2D eigenvalue weighted by Crippen LogP contribution is -2.19. The first-order chi connectivity index (χ1) is 12.3. The van der Waals surface area contributed by atoms with Gasteiger partial charge in [-0.1, -0.05) is 51.1 Å². The van der Waals surface area contributed by atoms with E-state index in [4.69, 9.17) is 10.5 Å². The second-order valence-corrected chi connectivity index (χ2v) is 7.25. The standard InChI is InChI=1S/C21H22N2O3/c1-21(2,3)14-8-10-15(11-9-14)26-13-19(24)23-12-17(20(22)25)16-6-4-5-7-18(16)23/h4-12H,13H2,1-3H3,(H2,22,25). The van der Waals surface area contributed by atoms with Crippen LogP contribution in [0.15, 0.2) is 54.7 Å². The molecule has 0 aliphatic rings. The summed E-state index contributed by atoms with van der Waals surface area (Å²) in [5, 5.41) is 0.655. The number of carbonyl (C=O) groups is 2. The molecule has 3 rings (SSSR count). The minimum Gasteiger partial charge on any atom is -0.484 e. The van der Waals surface area contributed by atoms with Gasteiger partial charge in [0.25, 0.3) is 11.8 Å². The maximum Gasteiger partial charge on any atom is 0.269 e. The number of nitrogens with two attached hydrogens (primary N) is 1. The highest BCUT2D eigenvalue weighted by atomic mass is 16.5. The molecule has 134 valence electrons. The molecule has 0 saturated carbocycles. The SMILES string of the molecule is CC(C)(C)c1ccc(OCC(=O)n2cc(C(N)=O)c3ccccc32)cc1. The number of para-hydroxylation sites is 1. The van der Waals surface area contributed by atoms with E-state index in [0.29, 0.717) is 22.2 Å². The molecule has 2 N–H and O–H groups in total. The number of carbonyl (C=O) groups excluding carboxylic acids is 2. The Morgan fingerprint density at radius 1 is 1.04 bits per heavy atom.